The first kappa shape index (κ1) is 17.0. The molecule has 1 aromatic rings. The van der Waals surface area contributed by atoms with Gasteiger partial charge in [0.1, 0.15) is 0 Å². The molecule has 1 rings (SSSR count). The maximum Gasteiger partial charge on any atom is 0.230 e. The summed E-state index contributed by atoms with van der Waals surface area (Å²) in [4.78, 5) is 14.7. The number of hydrogen-bond donors (Lipinski definition) is 2. The van der Waals surface area contributed by atoms with E-state index in [2.05, 4.69) is 5.32 Å². The lowest BCUT2D eigenvalue weighted by molar-refractivity contribution is -0.119. The van der Waals surface area contributed by atoms with Crippen molar-refractivity contribution in [2.75, 3.05) is 32.9 Å². The van der Waals surface area contributed by atoms with Crippen molar-refractivity contribution in [2.45, 2.75) is 24.3 Å². The van der Waals surface area contributed by atoms with Crippen molar-refractivity contribution in [1.82, 2.24) is 10.2 Å². The number of rotatable bonds is 7. The molecule has 5 heteroatoms. The second kappa shape index (κ2) is 7.67. The molecule has 1 aromatic carbocycles. The van der Waals surface area contributed by atoms with Crippen LogP contribution in [0.15, 0.2) is 29.2 Å². The summed E-state index contributed by atoms with van der Waals surface area (Å²) < 4.78 is 0. The highest BCUT2D eigenvalue weighted by Crippen LogP contribution is 2.17. The summed E-state index contributed by atoms with van der Waals surface area (Å²) >= 11 is 1.50. The molecule has 0 aliphatic carbocycles. The van der Waals surface area contributed by atoms with Gasteiger partial charge in [-0.25, -0.2) is 0 Å². The average molecular weight is 296 g/mol. The van der Waals surface area contributed by atoms with E-state index in [0.29, 0.717) is 12.3 Å². The molecule has 1 amide bonds. The van der Waals surface area contributed by atoms with E-state index >= 15 is 0 Å². The van der Waals surface area contributed by atoms with Gasteiger partial charge >= 0.3 is 0 Å². The first-order valence-corrected chi connectivity index (χ1v) is 7.60. The second-order valence-electron chi connectivity index (χ2n) is 5.61. The highest BCUT2D eigenvalue weighted by molar-refractivity contribution is 8.00. The van der Waals surface area contributed by atoms with Crippen LogP contribution >= 0.6 is 11.8 Å². The zero-order chi connectivity index (χ0) is 15.2. The Kier molecular flexibility index (Phi) is 6.52. The van der Waals surface area contributed by atoms with Gasteiger partial charge in [-0.1, -0.05) is 17.7 Å². The van der Waals surface area contributed by atoms with E-state index in [4.69, 9.17) is 0 Å². The highest BCUT2D eigenvalue weighted by atomic mass is 32.2. The van der Waals surface area contributed by atoms with Gasteiger partial charge in [0.05, 0.1) is 11.4 Å². The molecule has 0 radical (unpaired) electrons. The van der Waals surface area contributed by atoms with Crippen LogP contribution in [0, 0.1) is 6.92 Å². The summed E-state index contributed by atoms with van der Waals surface area (Å²) in [6.07, 6.45) is 0. The first-order valence-electron chi connectivity index (χ1n) is 6.62. The van der Waals surface area contributed by atoms with Crippen molar-refractivity contribution in [3.8, 4) is 0 Å². The van der Waals surface area contributed by atoms with Gasteiger partial charge in [0.2, 0.25) is 5.91 Å². The van der Waals surface area contributed by atoms with E-state index < -0.39 is 5.60 Å². The number of aliphatic hydroxyl groups is 1. The van der Waals surface area contributed by atoms with Gasteiger partial charge < -0.3 is 15.3 Å². The van der Waals surface area contributed by atoms with E-state index in [9.17, 15) is 9.90 Å². The number of likely N-dealkylation sites (N-methyl/N-ethyl adjacent to an activating group) is 1. The molecule has 0 saturated carbocycles. The molecule has 0 heterocycles. The van der Waals surface area contributed by atoms with Crippen LogP contribution in [0.3, 0.4) is 0 Å². The lowest BCUT2D eigenvalue weighted by Gasteiger charge is -2.27. The van der Waals surface area contributed by atoms with Crippen LogP contribution in [0.2, 0.25) is 0 Å². The minimum atomic E-state index is -0.909. The minimum absolute atomic E-state index is 0.0605. The lowest BCUT2D eigenvalue weighted by Crippen LogP contribution is -2.47. The zero-order valence-corrected chi connectivity index (χ0v) is 13.5. The third kappa shape index (κ3) is 6.93. The number of hydrogen-bond acceptors (Lipinski definition) is 4. The van der Waals surface area contributed by atoms with Gasteiger partial charge in [0.25, 0.3) is 0 Å². The third-order valence-corrected chi connectivity index (χ3v) is 3.73. The molecule has 0 aliphatic rings. The van der Waals surface area contributed by atoms with Crippen LogP contribution in [0.4, 0.5) is 0 Å². The molecule has 0 aromatic heterocycles. The van der Waals surface area contributed by atoms with Crippen LogP contribution in [-0.4, -0.2) is 54.5 Å². The first-order chi connectivity index (χ1) is 9.28. The number of nitrogens with zero attached hydrogens (tertiary/aromatic N) is 1. The summed E-state index contributed by atoms with van der Waals surface area (Å²) in [5.74, 6) is 0.302. The van der Waals surface area contributed by atoms with Crippen molar-refractivity contribution < 1.29 is 9.90 Å². The summed E-state index contributed by atoms with van der Waals surface area (Å²) in [5, 5.41) is 12.9. The number of nitrogens with one attached hydrogen (secondary N) is 1. The number of carbonyl (C=O) groups is 1. The second-order valence-corrected chi connectivity index (χ2v) is 6.66. The standard InChI is InChI=1S/C15H24N2O2S/c1-12-5-7-13(8-6-12)20-9-14(18)16-10-15(2,19)11-17(3)4/h5-8,19H,9-11H2,1-4H3,(H,16,18). The average Bonchev–Trinajstić information content (AvgIpc) is 2.34. The Labute approximate surface area is 125 Å². The number of aryl methyl sites for hydroxylation is 1. The zero-order valence-electron chi connectivity index (χ0n) is 12.6. The predicted molar refractivity (Wildman–Crippen MR) is 84.1 cm³/mol. The maximum absolute atomic E-state index is 11.8. The predicted octanol–water partition coefficient (Wildman–Crippen LogP) is 1.52. The number of thioether (sulfide) groups is 1. The molecule has 2 N–H and O–H groups in total. The van der Waals surface area contributed by atoms with Crippen LogP contribution in [0.5, 0.6) is 0 Å². The molecule has 0 fully saturated rings. The molecule has 0 aliphatic heterocycles. The molecule has 0 spiro atoms. The Morgan fingerprint density at radius 3 is 2.50 bits per heavy atom. The molecule has 1 unspecified atom stereocenters. The Morgan fingerprint density at radius 1 is 1.35 bits per heavy atom. The van der Waals surface area contributed by atoms with Crippen LogP contribution < -0.4 is 5.32 Å². The SMILES string of the molecule is Cc1ccc(SCC(=O)NCC(C)(O)CN(C)C)cc1. The quantitative estimate of drug-likeness (QED) is 0.749. The largest absolute Gasteiger partial charge is 0.387 e. The van der Waals surface area contributed by atoms with E-state index in [1.807, 2.05) is 50.2 Å². The fourth-order valence-corrected chi connectivity index (χ4v) is 2.59. The number of benzene rings is 1. The van der Waals surface area contributed by atoms with Gasteiger partial charge in [-0.05, 0) is 40.1 Å². The fourth-order valence-electron chi connectivity index (χ4n) is 1.86. The van der Waals surface area contributed by atoms with Crippen LogP contribution in [0.25, 0.3) is 0 Å². The Balaban J connectivity index is 2.32. The molecule has 20 heavy (non-hydrogen) atoms. The van der Waals surface area contributed by atoms with Crippen molar-refractivity contribution >= 4 is 17.7 Å². The summed E-state index contributed by atoms with van der Waals surface area (Å²) in [7, 11) is 3.78. The van der Waals surface area contributed by atoms with Gasteiger partial charge in [-0.2, -0.15) is 0 Å². The molecule has 0 bridgehead atoms. The Bertz CT molecular complexity index is 430. The normalized spacial score (nSPS) is 14.1. The summed E-state index contributed by atoms with van der Waals surface area (Å²) in [6, 6.07) is 8.08. The van der Waals surface area contributed by atoms with Gasteiger partial charge in [0, 0.05) is 18.0 Å². The molecule has 0 saturated heterocycles. The molecule has 4 nitrogen and oxygen atoms in total. The van der Waals surface area contributed by atoms with E-state index in [0.717, 1.165) is 4.90 Å². The van der Waals surface area contributed by atoms with Crippen LogP contribution in [0.1, 0.15) is 12.5 Å². The molecular weight excluding hydrogens is 272 g/mol. The highest BCUT2D eigenvalue weighted by Gasteiger charge is 2.21. The third-order valence-electron chi connectivity index (χ3n) is 2.71. The molecule has 112 valence electrons. The Hall–Kier alpha value is -1.04. The number of carbonyl (C=O) groups excluding carboxylic acids is 1. The topological polar surface area (TPSA) is 52.6 Å². The van der Waals surface area contributed by atoms with Crippen molar-refractivity contribution in [3.63, 3.8) is 0 Å². The van der Waals surface area contributed by atoms with E-state index in [1.165, 1.54) is 17.3 Å². The van der Waals surface area contributed by atoms with Gasteiger partial charge in [-0.15, -0.1) is 11.8 Å². The lowest BCUT2D eigenvalue weighted by atomic mass is 10.1. The van der Waals surface area contributed by atoms with E-state index in [1.54, 1.807) is 6.92 Å². The molecular formula is C15H24N2O2S. The van der Waals surface area contributed by atoms with Crippen molar-refractivity contribution in [3.05, 3.63) is 29.8 Å². The summed E-state index contributed by atoms with van der Waals surface area (Å²) in [5.41, 5.74) is 0.298. The number of amides is 1. The van der Waals surface area contributed by atoms with Crippen molar-refractivity contribution in [1.29, 1.82) is 0 Å². The maximum atomic E-state index is 11.8. The smallest absolute Gasteiger partial charge is 0.230 e. The van der Waals surface area contributed by atoms with Gasteiger partial charge in [0.15, 0.2) is 0 Å². The monoisotopic (exact) mass is 296 g/mol. The minimum Gasteiger partial charge on any atom is -0.387 e. The fraction of sp³-hybridized carbons (Fsp3) is 0.533. The van der Waals surface area contributed by atoms with Crippen molar-refractivity contribution in [2.24, 2.45) is 0 Å². The molecule has 1 atom stereocenters. The summed E-state index contributed by atoms with van der Waals surface area (Å²) in [6.45, 7) is 4.53. The van der Waals surface area contributed by atoms with E-state index in [-0.39, 0.29) is 12.5 Å². The van der Waals surface area contributed by atoms with Gasteiger partial charge in [-0.3, -0.25) is 4.79 Å². The van der Waals surface area contributed by atoms with Crippen LogP contribution in [-0.2, 0) is 4.79 Å². The Morgan fingerprint density at radius 2 is 1.95 bits per heavy atom.